The number of halogens is 2. The van der Waals surface area contributed by atoms with E-state index in [1.165, 1.54) is 4.90 Å². The quantitative estimate of drug-likeness (QED) is 0.834. The molecule has 2 amide bonds. The van der Waals surface area contributed by atoms with Crippen molar-refractivity contribution in [3.63, 3.8) is 0 Å². The zero-order valence-corrected chi connectivity index (χ0v) is 10.7. The average Bonchev–Trinajstić information content (AvgIpc) is 2.08. The topological polar surface area (TPSA) is 58.6 Å². The van der Waals surface area contributed by atoms with Crippen molar-refractivity contribution in [3.05, 3.63) is 0 Å². The van der Waals surface area contributed by atoms with Crippen LogP contribution in [0.25, 0.3) is 0 Å². The summed E-state index contributed by atoms with van der Waals surface area (Å²) in [6.07, 6.45) is -3.05. The third kappa shape index (κ3) is 4.46. The number of nitrogens with one attached hydrogen (secondary N) is 1. The van der Waals surface area contributed by atoms with Crippen LogP contribution in [0.5, 0.6) is 0 Å². The number of alkyl halides is 2. The van der Waals surface area contributed by atoms with Crippen LogP contribution in [0.3, 0.4) is 0 Å². The maximum absolute atomic E-state index is 11.9. The molecule has 0 saturated carbocycles. The monoisotopic (exact) mass is 264 g/mol. The Morgan fingerprint density at radius 3 is 2.39 bits per heavy atom. The number of hydrogen-bond donors (Lipinski definition) is 1. The van der Waals surface area contributed by atoms with Crippen LogP contribution in [0.1, 0.15) is 20.8 Å². The fourth-order valence-electron chi connectivity index (χ4n) is 1.44. The second-order valence-electron chi connectivity index (χ2n) is 5.22. The molecule has 0 aromatic heterocycles. The summed E-state index contributed by atoms with van der Waals surface area (Å²) in [5.41, 5.74) is -0.583. The predicted octanol–water partition coefficient (Wildman–Crippen LogP) is 1.23. The maximum Gasteiger partial charge on any atom is 0.410 e. The molecule has 0 aliphatic carbocycles. The van der Waals surface area contributed by atoms with Gasteiger partial charge < -0.3 is 15.0 Å². The molecule has 5 nitrogen and oxygen atoms in total. The lowest BCUT2D eigenvalue weighted by atomic mass is 10.00. The van der Waals surface area contributed by atoms with Gasteiger partial charge in [-0.15, -0.1) is 0 Å². The van der Waals surface area contributed by atoms with Crippen LogP contribution in [0.2, 0.25) is 0 Å². The summed E-state index contributed by atoms with van der Waals surface area (Å²) in [4.78, 5) is 24.3. The van der Waals surface area contributed by atoms with E-state index in [0.29, 0.717) is 0 Å². The molecule has 0 aromatic carbocycles. The molecule has 0 atom stereocenters. The first-order valence-electron chi connectivity index (χ1n) is 5.73. The van der Waals surface area contributed by atoms with Gasteiger partial charge in [0, 0.05) is 13.1 Å². The minimum atomic E-state index is -2.56. The molecule has 1 rings (SSSR count). The Labute approximate surface area is 104 Å². The van der Waals surface area contributed by atoms with Crippen molar-refractivity contribution in [2.24, 2.45) is 5.92 Å². The first-order chi connectivity index (χ1) is 8.19. The van der Waals surface area contributed by atoms with Gasteiger partial charge in [-0.2, -0.15) is 0 Å². The molecule has 0 aromatic rings. The summed E-state index contributed by atoms with van der Waals surface area (Å²) >= 11 is 0. The molecule has 1 saturated heterocycles. The Bertz CT molecular complexity index is 323. The molecule has 1 aliphatic heterocycles. The third-order valence-corrected chi connectivity index (χ3v) is 2.33. The van der Waals surface area contributed by atoms with Crippen molar-refractivity contribution in [1.29, 1.82) is 0 Å². The molecule has 1 N–H and O–H groups in total. The highest BCUT2D eigenvalue weighted by atomic mass is 19.3. The minimum Gasteiger partial charge on any atom is -0.444 e. The second-order valence-corrected chi connectivity index (χ2v) is 5.22. The number of nitrogens with zero attached hydrogens (tertiary/aromatic N) is 1. The predicted molar refractivity (Wildman–Crippen MR) is 60.3 cm³/mol. The van der Waals surface area contributed by atoms with Gasteiger partial charge >= 0.3 is 6.09 Å². The summed E-state index contributed by atoms with van der Waals surface area (Å²) in [5, 5.41) is 2.12. The fourth-order valence-corrected chi connectivity index (χ4v) is 1.44. The Morgan fingerprint density at radius 1 is 1.39 bits per heavy atom. The summed E-state index contributed by atoms with van der Waals surface area (Å²) in [6.45, 7) is 5.02. The van der Waals surface area contributed by atoms with E-state index in [1.807, 2.05) is 0 Å². The van der Waals surface area contributed by atoms with Crippen LogP contribution in [-0.4, -0.2) is 48.6 Å². The van der Waals surface area contributed by atoms with E-state index in [9.17, 15) is 18.4 Å². The van der Waals surface area contributed by atoms with Gasteiger partial charge in [0.15, 0.2) is 0 Å². The van der Waals surface area contributed by atoms with Gasteiger partial charge in [0.25, 0.3) is 6.43 Å². The first-order valence-corrected chi connectivity index (χ1v) is 5.73. The molecule has 1 heterocycles. The molecule has 0 bridgehead atoms. The van der Waals surface area contributed by atoms with E-state index < -0.39 is 36.5 Å². The smallest absolute Gasteiger partial charge is 0.410 e. The molecule has 0 radical (unpaired) electrons. The van der Waals surface area contributed by atoms with Crippen LogP contribution in [0, 0.1) is 5.92 Å². The van der Waals surface area contributed by atoms with E-state index >= 15 is 0 Å². The number of likely N-dealkylation sites (tertiary alicyclic amines) is 1. The van der Waals surface area contributed by atoms with E-state index in [2.05, 4.69) is 5.32 Å². The van der Waals surface area contributed by atoms with Crippen LogP contribution in [0.4, 0.5) is 13.6 Å². The Kier molecular flexibility index (Phi) is 4.48. The zero-order valence-electron chi connectivity index (χ0n) is 10.7. The molecule has 1 fully saturated rings. The van der Waals surface area contributed by atoms with Gasteiger partial charge in [-0.3, -0.25) is 4.79 Å². The van der Waals surface area contributed by atoms with Crippen LogP contribution in [0.15, 0.2) is 0 Å². The molecular weight excluding hydrogens is 246 g/mol. The molecule has 1 aliphatic rings. The molecule has 0 spiro atoms. The Balaban J connectivity index is 2.27. The van der Waals surface area contributed by atoms with E-state index in [1.54, 1.807) is 20.8 Å². The third-order valence-electron chi connectivity index (χ3n) is 2.33. The van der Waals surface area contributed by atoms with E-state index in [0.717, 1.165) is 0 Å². The highest BCUT2D eigenvalue weighted by Gasteiger charge is 2.37. The summed E-state index contributed by atoms with van der Waals surface area (Å²) < 4.78 is 28.8. The second kappa shape index (κ2) is 5.49. The first kappa shape index (κ1) is 14.7. The lowest BCUT2D eigenvalue weighted by Gasteiger charge is -2.38. The van der Waals surface area contributed by atoms with Gasteiger partial charge in [0.05, 0.1) is 12.5 Å². The van der Waals surface area contributed by atoms with Gasteiger partial charge in [-0.05, 0) is 20.8 Å². The van der Waals surface area contributed by atoms with Crippen molar-refractivity contribution in [2.45, 2.75) is 32.8 Å². The molecule has 0 unspecified atom stereocenters. The summed E-state index contributed by atoms with van der Waals surface area (Å²) in [6, 6.07) is 0. The highest BCUT2D eigenvalue weighted by Crippen LogP contribution is 2.19. The lowest BCUT2D eigenvalue weighted by molar-refractivity contribution is -0.130. The normalized spacial score (nSPS) is 16.4. The summed E-state index contributed by atoms with van der Waals surface area (Å²) in [7, 11) is 0. The molecule has 7 heteroatoms. The van der Waals surface area contributed by atoms with E-state index in [4.69, 9.17) is 4.74 Å². The Hall–Kier alpha value is -1.40. The van der Waals surface area contributed by atoms with Crippen molar-refractivity contribution >= 4 is 12.0 Å². The van der Waals surface area contributed by atoms with E-state index in [-0.39, 0.29) is 13.1 Å². The fraction of sp³-hybridized carbons (Fsp3) is 0.818. The van der Waals surface area contributed by atoms with Crippen molar-refractivity contribution < 1.29 is 23.1 Å². The van der Waals surface area contributed by atoms with Crippen molar-refractivity contribution in [3.8, 4) is 0 Å². The molecule has 18 heavy (non-hydrogen) atoms. The van der Waals surface area contributed by atoms with Crippen molar-refractivity contribution in [1.82, 2.24) is 10.2 Å². The SMILES string of the molecule is CC(C)(C)OC(=O)N1CC(C(=O)NCC(F)F)C1. The number of carbonyl (C=O) groups is 2. The number of rotatable bonds is 3. The zero-order chi connectivity index (χ0) is 13.9. The van der Waals surface area contributed by atoms with Gasteiger partial charge in [-0.1, -0.05) is 0 Å². The largest absolute Gasteiger partial charge is 0.444 e. The average molecular weight is 264 g/mol. The van der Waals surface area contributed by atoms with Crippen molar-refractivity contribution in [2.75, 3.05) is 19.6 Å². The van der Waals surface area contributed by atoms with Gasteiger partial charge in [0.2, 0.25) is 5.91 Å². The maximum atomic E-state index is 11.9. The van der Waals surface area contributed by atoms with Crippen LogP contribution < -0.4 is 5.32 Å². The Morgan fingerprint density at radius 2 is 1.94 bits per heavy atom. The minimum absolute atomic E-state index is 0.212. The highest BCUT2D eigenvalue weighted by molar-refractivity contribution is 5.82. The lowest BCUT2D eigenvalue weighted by Crippen LogP contribution is -2.57. The number of ether oxygens (including phenoxy) is 1. The number of hydrogen-bond acceptors (Lipinski definition) is 3. The van der Waals surface area contributed by atoms with Gasteiger partial charge in [0.1, 0.15) is 5.60 Å². The molecular formula is C11H18F2N2O3. The van der Waals surface area contributed by atoms with Crippen LogP contribution >= 0.6 is 0 Å². The summed E-state index contributed by atoms with van der Waals surface area (Å²) in [5.74, 6) is -0.869. The van der Waals surface area contributed by atoms with Crippen LogP contribution in [-0.2, 0) is 9.53 Å². The standard InChI is InChI=1S/C11H18F2N2O3/c1-11(2,3)18-10(17)15-5-7(6-15)9(16)14-4-8(12)13/h7-8H,4-6H2,1-3H3,(H,14,16). The number of carbonyl (C=O) groups excluding carboxylic acids is 2. The van der Waals surface area contributed by atoms with Gasteiger partial charge in [-0.25, -0.2) is 13.6 Å². The number of amides is 2. The molecule has 104 valence electrons.